The molecular formula is C20H29NO6. The van der Waals surface area contributed by atoms with Gasteiger partial charge in [-0.1, -0.05) is 26.0 Å². The molecule has 1 aromatic carbocycles. The Hall–Kier alpha value is -2.41. The summed E-state index contributed by atoms with van der Waals surface area (Å²) >= 11 is 0. The molecule has 150 valence electrons. The molecule has 0 saturated heterocycles. The molecule has 1 aromatic rings. The topological polar surface area (TPSA) is 113 Å². The number of nitrogens with one attached hydrogen (secondary N) is 1. The Kier molecular flexibility index (Phi) is 8.94. The molecule has 0 heterocycles. The van der Waals surface area contributed by atoms with Gasteiger partial charge in [0, 0.05) is 13.3 Å². The first kappa shape index (κ1) is 22.6. The molecule has 3 N–H and O–H groups in total. The van der Waals surface area contributed by atoms with Crippen LogP contribution < -0.4 is 5.32 Å². The lowest BCUT2D eigenvalue weighted by Gasteiger charge is -2.24. The van der Waals surface area contributed by atoms with E-state index in [0.29, 0.717) is 6.42 Å². The monoisotopic (exact) mass is 379 g/mol. The zero-order valence-electron chi connectivity index (χ0n) is 16.3. The molecule has 0 aliphatic rings. The Bertz CT molecular complexity index is 640. The molecule has 1 rings (SSSR count). The number of aliphatic hydroxyl groups is 1. The van der Waals surface area contributed by atoms with Gasteiger partial charge in [-0.3, -0.25) is 14.4 Å². The van der Waals surface area contributed by atoms with Crippen molar-refractivity contribution < 1.29 is 29.3 Å². The molecule has 27 heavy (non-hydrogen) atoms. The van der Waals surface area contributed by atoms with Crippen LogP contribution in [0.1, 0.15) is 39.2 Å². The third kappa shape index (κ3) is 7.78. The van der Waals surface area contributed by atoms with Gasteiger partial charge in [0.25, 0.3) is 0 Å². The fraction of sp³-hybridized carbons (Fsp3) is 0.550. The highest BCUT2D eigenvalue weighted by atomic mass is 16.5. The van der Waals surface area contributed by atoms with E-state index in [9.17, 15) is 24.6 Å². The molecule has 0 bridgehead atoms. The molecule has 0 saturated carbocycles. The number of ketones is 1. The van der Waals surface area contributed by atoms with E-state index in [2.05, 4.69) is 5.32 Å². The predicted molar refractivity (Wildman–Crippen MR) is 100 cm³/mol. The summed E-state index contributed by atoms with van der Waals surface area (Å²) in [7, 11) is 1.27. The highest BCUT2D eigenvalue weighted by molar-refractivity contribution is 5.88. The van der Waals surface area contributed by atoms with Gasteiger partial charge in [0.1, 0.15) is 11.9 Å². The average Bonchev–Trinajstić information content (AvgIpc) is 2.60. The second-order valence-corrected chi connectivity index (χ2v) is 7.14. The van der Waals surface area contributed by atoms with Gasteiger partial charge in [-0.05, 0) is 36.5 Å². The van der Waals surface area contributed by atoms with Crippen LogP contribution in [0.3, 0.4) is 0 Å². The van der Waals surface area contributed by atoms with Crippen molar-refractivity contribution in [3.05, 3.63) is 29.8 Å². The maximum atomic E-state index is 12.6. The number of Topliss-reactive ketones (excluding diaryl/α,β-unsaturated/α-hetero) is 1. The number of benzene rings is 1. The van der Waals surface area contributed by atoms with Crippen LogP contribution in [0.2, 0.25) is 0 Å². The second-order valence-electron chi connectivity index (χ2n) is 7.14. The van der Waals surface area contributed by atoms with Gasteiger partial charge in [-0.25, -0.2) is 0 Å². The Morgan fingerprint density at radius 2 is 1.74 bits per heavy atom. The lowest BCUT2D eigenvalue weighted by atomic mass is 9.88. The van der Waals surface area contributed by atoms with E-state index in [1.807, 2.05) is 13.8 Å². The van der Waals surface area contributed by atoms with Crippen LogP contribution >= 0.6 is 0 Å². The molecule has 0 spiro atoms. The molecule has 7 nitrogen and oxygen atoms in total. The minimum Gasteiger partial charge on any atom is -0.508 e. The first-order valence-corrected chi connectivity index (χ1v) is 8.97. The normalized spacial score (nSPS) is 14.3. The van der Waals surface area contributed by atoms with Gasteiger partial charge in [0.15, 0.2) is 5.78 Å². The van der Waals surface area contributed by atoms with E-state index in [0.717, 1.165) is 5.56 Å². The Labute approximate surface area is 159 Å². The fourth-order valence-corrected chi connectivity index (χ4v) is 2.98. The minimum absolute atomic E-state index is 0.0982. The summed E-state index contributed by atoms with van der Waals surface area (Å²) in [5.74, 6) is -1.74. The highest BCUT2D eigenvalue weighted by Gasteiger charge is 2.31. The van der Waals surface area contributed by atoms with Crippen LogP contribution in [0.5, 0.6) is 5.75 Å². The van der Waals surface area contributed by atoms with Crippen LogP contribution in [0.15, 0.2) is 24.3 Å². The lowest BCUT2D eigenvalue weighted by molar-refractivity contribution is -0.149. The fourth-order valence-electron chi connectivity index (χ4n) is 2.98. The Morgan fingerprint density at radius 3 is 2.22 bits per heavy atom. The maximum Gasteiger partial charge on any atom is 0.309 e. The third-order valence-corrected chi connectivity index (χ3v) is 4.23. The van der Waals surface area contributed by atoms with Crippen molar-refractivity contribution in [2.24, 2.45) is 11.8 Å². The van der Waals surface area contributed by atoms with Gasteiger partial charge >= 0.3 is 5.97 Å². The molecule has 3 atom stereocenters. The van der Waals surface area contributed by atoms with Gasteiger partial charge in [-0.15, -0.1) is 0 Å². The number of aromatic hydroxyl groups is 1. The third-order valence-electron chi connectivity index (χ3n) is 4.23. The Balaban J connectivity index is 2.89. The standard InChI is InChI=1S/C20H29NO6/c1-12(2)9-15(20(26)27-4)11-18(24)19(25)17(21-13(3)22)10-14-5-7-16(23)8-6-14/h5-8,12,15,17,19,23,25H,9-11H2,1-4H3,(H,21,22)/t15-,17-,19+/m1/s1. The predicted octanol–water partition coefficient (Wildman–Crippen LogP) is 1.59. The van der Waals surface area contributed by atoms with Crippen LogP contribution in [0.4, 0.5) is 0 Å². The Morgan fingerprint density at radius 1 is 1.15 bits per heavy atom. The maximum absolute atomic E-state index is 12.6. The van der Waals surface area contributed by atoms with Gasteiger partial charge in [-0.2, -0.15) is 0 Å². The summed E-state index contributed by atoms with van der Waals surface area (Å²) < 4.78 is 4.76. The number of phenols is 1. The average molecular weight is 379 g/mol. The van der Waals surface area contributed by atoms with E-state index in [4.69, 9.17) is 4.74 Å². The van der Waals surface area contributed by atoms with E-state index in [1.54, 1.807) is 12.1 Å². The van der Waals surface area contributed by atoms with E-state index in [-0.39, 0.29) is 30.4 Å². The van der Waals surface area contributed by atoms with E-state index >= 15 is 0 Å². The number of rotatable bonds is 10. The highest BCUT2D eigenvalue weighted by Crippen LogP contribution is 2.20. The summed E-state index contributed by atoms with van der Waals surface area (Å²) in [6.45, 7) is 5.17. The van der Waals surface area contributed by atoms with Crippen LogP contribution in [-0.2, 0) is 25.5 Å². The molecule has 0 aliphatic heterocycles. The number of esters is 1. The largest absolute Gasteiger partial charge is 0.508 e. The summed E-state index contributed by atoms with van der Waals surface area (Å²) in [6.07, 6.45) is -0.937. The number of carbonyl (C=O) groups is 3. The first-order valence-electron chi connectivity index (χ1n) is 8.97. The van der Waals surface area contributed by atoms with Gasteiger partial charge in [0.2, 0.25) is 5.91 Å². The SMILES string of the molecule is COC(=O)[C@@H](CC(=O)[C@@H](O)[C@@H](Cc1ccc(O)cc1)NC(C)=O)CC(C)C. The molecular weight excluding hydrogens is 350 g/mol. The van der Waals surface area contributed by atoms with Gasteiger partial charge in [0.05, 0.1) is 19.1 Å². The molecule has 1 amide bonds. The summed E-state index contributed by atoms with van der Waals surface area (Å²) in [5.41, 5.74) is 0.741. The van der Waals surface area contributed by atoms with Crippen molar-refractivity contribution in [1.82, 2.24) is 5.32 Å². The molecule has 0 unspecified atom stereocenters. The summed E-state index contributed by atoms with van der Waals surface area (Å²) in [4.78, 5) is 36.0. The molecule has 0 fully saturated rings. The smallest absolute Gasteiger partial charge is 0.309 e. The van der Waals surface area contributed by atoms with Crippen molar-refractivity contribution >= 4 is 17.7 Å². The van der Waals surface area contributed by atoms with Crippen molar-refractivity contribution in [2.75, 3.05) is 7.11 Å². The number of amides is 1. The van der Waals surface area contributed by atoms with E-state index in [1.165, 1.54) is 26.2 Å². The molecule has 0 aliphatic carbocycles. The second kappa shape index (κ2) is 10.7. The van der Waals surface area contributed by atoms with Gasteiger partial charge < -0.3 is 20.3 Å². The van der Waals surface area contributed by atoms with Crippen molar-refractivity contribution in [2.45, 2.75) is 52.2 Å². The molecule has 7 heteroatoms. The quantitative estimate of drug-likeness (QED) is 0.532. The van der Waals surface area contributed by atoms with Crippen molar-refractivity contribution in [3.63, 3.8) is 0 Å². The first-order chi connectivity index (χ1) is 12.6. The minimum atomic E-state index is -1.46. The number of carbonyl (C=O) groups excluding carboxylic acids is 3. The van der Waals surface area contributed by atoms with Crippen LogP contribution in [-0.4, -0.2) is 47.1 Å². The number of aliphatic hydroxyl groups excluding tert-OH is 1. The number of ether oxygens (including phenoxy) is 1. The lowest BCUT2D eigenvalue weighted by Crippen LogP contribution is -2.48. The summed E-state index contributed by atoms with van der Waals surface area (Å²) in [6, 6.07) is 5.44. The number of methoxy groups -OCH3 is 1. The number of hydrogen-bond acceptors (Lipinski definition) is 6. The van der Waals surface area contributed by atoms with E-state index < -0.39 is 29.8 Å². The van der Waals surface area contributed by atoms with Crippen LogP contribution in [0.25, 0.3) is 0 Å². The van der Waals surface area contributed by atoms with Crippen molar-refractivity contribution in [3.8, 4) is 5.75 Å². The van der Waals surface area contributed by atoms with Crippen LogP contribution in [0, 0.1) is 11.8 Å². The molecule has 0 aromatic heterocycles. The number of hydrogen-bond donors (Lipinski definition) is 3. The number of phenolic OH excluding ortho intramolecular Hbond substituents is 1. The zero-order valence-corrected chi connectivity index (χ0v) is 16.3. The van der Waals surface area contributed by atoms with Crippen molar-refractivity contribution in [1.29, 1.82) is 0 Å². The summed E-state index contributed by atoms with van der Waals surface area (Å²) in [5, 5.41) is 22.5. The zero-order chi connectivity index (χ0) is 20.6. The molecule has 0 radical (unpaired) electrons.